The van der Waals surface area contributed by atoms with Gasteiger partial charge in [0.15, 0.2) is 0 Å². The molecular formula is C18H24N2. The number of para-hydroxylation sites is 1. The van der Waals surface area contributed by atoms with E-state index >= 15 is 0 Å². The van der Waals surface area contributed by atoms with Crippen LogP contribution in [0.5, 0.6) is 0 Å². The number of hydrogen-bond acceptors (Lipinski definition) is 2. The second kappa shape index (κ2) is 4.41. The molecule has 2 aliphatic rings. The molecule has 3 rings (SSSR count). The van der Waals surface area contributed by atoms with E-state index in [1.165, 1.54) is 22.6 Å². The summed E-state index contributed by atoms with van der Waals surface area (Å²) in [5, 5.41) is 0. The van der Waals surface area contributed by atoms with E-state index in [9.17, 15) is 0 Å². The van der Waals surface area contributed by atoms with Gasteiger partial charge in [0, 0.05) is 35.1 Å². The monoisotopic (exact) mass is 268 g/mol. The number of allylic oxidation sites excluding steroid dienone is 2. The highest BCUT2D eigenvalue weighted by Crippen LogP contribution is 2.45. The molecule has 1 unspecified atom stereocenters. The quantitative estimate of drug-likeness (QED) is 0.732. The minimum absolute atomic E-state index is 0.181. The van der Waals surface area contributed by atoms with Gasteiger partial charge in [-0.2, -0.15) is 0 Å². The van der Waals surface area contributed by atoms with Gasteiger partial charge in [-0.3, -0.25) is 0 Å². The Labute approximate surface area is 122 Å². The second-order valence-electron chi connectivity index (χ2n) is 6.92. The number of fused-ring (bicyclic) bond motifs is 1. The predicted molar refractivity (Wildman–Crippen MR) is 85.2 cm³/mol. The molecular weight excluding hydrogens is 244 g/mol. The van der Waals surface area contributed by atoms with Crippen molar-refractivity contribution in [2.24, 2.45) is 5.41 Å². The first-order chi connectivity index (χ1) is 9.41. The van der Waals surface area contributed by atoms with E-state index < -0.39 is 0 Å². The summed E-state index contributed by atoms with van der Waals surface area (Å²) in [6.07, 6.45) is 5.94. The van der Waals surface area contributed by atoms with Gasteiger partial charge in [0.25, 0.3) is 0 Å². The fraction of sp³-hybridized carbons (Fsp3) is 0.444. The van der Waals surface area contributed by atoms with E-state index in [4.69, 9.17) is 0 Å². The van der Waals surface area contributed by atoms with Gasteiger partial charge in [-0.1, -0.05) is 45.0 Å². The number of hydrogen-bond donors (Lipinski definition) is 0. The van der Waals surface area contributed by atoms with Crippen molar-refractivity contribution in [1.82, 2.24) is 4.90 Å². The number of anilines is 1. The van der Waals surface area contributed by atoms with Crippen LogP contribution in [0.4, 0.5) is 5.69 Å². The molecule has 1 atom stereocenters. The Morgan fingerprint density at radius 3 is 2.45 bits per heavy atom. The fourth-order valence-corrected chi connectivity index (χ4v) is 3.43. The van der Waals surface area contributed by atoms with Gasteiger partial charge in [0.2, 0.25) is 0 Å². The molecule has 2 heterocycles. The topological polar surface area (TPSA) is 6.48 Å². The first-order valence-corrected chi connectivity index (χ1v) is 7.41. The summed E-state index contributed by atoms with van der Waals surface area (Å²) in [7, 11) is 0. The Kier molecular flexibility index (Phi) is 2.93. The third-order valence-electron chi connectivity index (χ3n) is 4.33. The zero-order chi connectivity index (χ0) is 14.5. The lowest BCUT2D eigenvalue weighted by molar-refractivity contribution is 0.201. The van der Waals surface area contributed by atoms with Crippen LogP contribution in [0, 0.1) is 12.3 Å². The normalized spacial score (nSPS) is 21.9. The number of benzene rings is 1. The van der Waals surface area contributed by atoms with Gasteiger partial charge in [-0.25, -0.2) is 0 Å². The van der Waals surface area contributed by atoms with Crippen molar-refractivity contribution in [3.63, 3.8) is 0 Å². The summed E-state index contributed by atoms with van der Waals surface area (Å²) in [4.78, 5) is 4.98. The van der Waals surface area contributed by atoms with Crippen LogP contribution in [-0.2, 0) is 0 Å². The van der Waals surface area contributed by atoms with E-state index in [-0.39, 0.29) is 5.41 Å². The van der Waals surface area contributed by atoms with Crippen molar-refractivity contribution in [1.29, 1.82) is 0 Å². The van der Waals surface area contributed by atoms with Crippen LogP contribution in [0.1, 0.15) is 39.7 Å². The van der Waals surface area contributed by atoms with Crippen LogP contribution in [0.2, 0.25) is 0 Å². The maximum absolute atomic E-state index is 2.52. The zero-order valence-corrected chi connectivity index (χ0v) is 13.1. The van der Waals surface area contributed by atoms with E-state index in [0.29, 0.717) is 6.17 Å². The highest BCUT2D eigenvalue weighted by Gasteiger charge is 2.43. The molecule has 0 aromatic heterocycles. The average Bonchev–Trinajstić information content (AvgIpc) is 2.91. The number of rotatable bonds is 1. The lowest BCUT2D eigenvalue weighted by Crippen LogP contribution is -2.47. The standard InChI is InChI=1S/C18H24N2/c1-13-9-6-7-10-15(13)20-14(2)16-11-8-12-19(16)17(20)18(3,4)5/h6-10,12,17H,11H2,1-5H3. The van der Waals surface area contributed by atoms with Crippen molar-refractivity contribution in [3.05, 3.63) is 53.5 Å². The van der Waals surface area contributed by atoms with Crippen LogP contribution < -0.4 is 4.90 Å². The molecule has 0 saturated carbocycles. The van der Waals surface area contributed by atoms with Crippen LogP contribution in [0.15, 0.2) is 47.9 Å². The van der Waals surface area contributed by atoms with Crippen molar-refractivity contribution in [2.45, 2.75) is 47.2 Å². The van der Waals surface area contributed by atoms with Crippen molar-refractivity contribution in [2.75, 3.05) is 4.90 Å². The molecule has 0 amide bonds. The molecule has 106 valence electrons. The van der Waals surface area contributed by atoms with Crippen LogP contribution >= 0.6 is 0 Å². The highest BCUT2D eigenvalue weighted by molar-refractivity contribution is 5.61. The number of nitrogens with zero attached hydrogens (tertiary/aromatic N) is 2. The predicted octanol–water partition coefficient (Wildman–Crippen LogP) is 4.64. The number of aryl methyl sites for hydroxylation is 1. The van der Waals surface area contributed by atoms with Gasteiger partial charge in [0.05, 0.1) is 0 Å². The molecule has 1 aromatic carbocycles. The smallest absolute Gasteiger partial charge is 0.115 e. The lowest BCUT2D eigenvalue weighted by atomic mass is 9.90. The largest absolute Gasteiger partial charge is 0.328 e. The van der Waals surface area contributed by atoms with Gasteiger partial charge < -0.3 is 9.80 Å². The maximum atomic E-state index is 2.52. The minimum atomic E-state index is 0.181. The summed E-state index contributed by atoms with van der Waals surface area (Å²) in [5.74, 6) is 0. The molecule has 0 spiro atoms. The van der Waals surface area contributed by atoms with Gasteiger partial charge in [-0.05, 0) is 25.5 Å². The zero-order valence-electron chi connectivity index (χ0n) is 13.1. The van der Waals surface area contributed by atoms with Crippen LogP contribution in [0.3, 0.4) is 0 Å². The minimum Gasteiger partial charge on any atom is -0.328 e. The Hall–Kier alpha value is -1.70. The summed E-state index contributed by atoms with van der Waals surface area (Å²) < 4.78 is 0. The van der Waals surface area contributed by atoms with E-state index in [2.05, 4.69) is 81.0 Å². The van der Waals surface area contributed by atoms with Gasteiger partial charge in [0.1, 0.15) is 6.17 Å². The van der Waals surface area contributed by atoms with Crippen LogP contribution in [-0.4, -0.2) is 11.1 Å². The molecule has 2 nitrogen and oxygen atoms in total. The molecule has 0 aliphatic carbocycles. The van der Waals surface area contributed by atoms with Crippen LogP contribution in [0.25, 0.3) is 0 Å². The Morgan fingerprint density at radius 2 is 1.80 bits per heavy atom. The molecule has 0 fully saturated rings. The summed E-state index contributed by atoms with van der Waals surface area (Å²) in [5.41, 5.74) is 5.70. The van der Waals surface area contributed by atoms with Gasteiger partial charge in [-0.15, -0.1) is 0 Å². The fourth-order valence-electron chi connectivity index (χ4n) is 3.43. The third kappa shape index (κ3) is 1.86. The van der Waals surface area contributed by atoms with Gasteiger partial charge >= 0.3 is 0 Å². The first kappa shape index (κ1) is 13.3. The molecule has 20 heavy (non-hydrogen) atoms. The molecule has 2 heteroatoms. The molecule has 0 radical (unpaired) electrons. The molecule has 0 saturated heterocycles. The third-order valence-corrected chi connectivity index (χ3v) is 4.33. The van der Waals surface area contributed by atoms with Crippen molar-refractivity contribution < 1.29 is 0 Å². The molecule has 2 aliphatic heterocycles. The molecule has 1 aromatic rings. The van der Waals surface area contributed by atoms with E-state index in [1.54, 1.807) is 0 Å². The summed E-state index contributed by atoms with van der Waals surface area (Å²) in [6, 6.07) is 8.69. The van der Waals surface area contributed by atoms with Crippen molar-refractivity contribution in [3.8, 4) is 0 Å². The second-order valence-corrected chi connectivity index (χ2v) is 6.92. The summed E-state index contributed by atoms with van der Waals surface area (Å²) >= 11 is 0. The van der Waals surface area contributed by atoms with Crippen molar-refractivity contribution >= 4 is 5.69 Å². The highest BCUT2D eigenvalue weighted by atomic mass is 15.4. The summed E-state index contributed by atoms with van der Waals surface area (Å²) in [6.45, 7) is 11.4. The molecule has 0 N–H and O–H groups in total. The Bertz CT molecular complexity index is 590. The Morgan fingerprint density at radius 1 is 1.10 bits per heavy atom. The first-order valence-electron chi connectivity index (χ1n) is 7.41. The van der Waals surface area contributed by atoms with E-state index in [1.807, 2.05) is 0 Å². The lowest BCUT2D eigenvalue weighted by Gasteiger charge is -2.41. The Balaban J connectivity index is 2.13. The van der Waals surface area contributed by atoms with E-state index in [0.717, 1.165) is 6.42 Å². The SMILES string of the molecule is CC1=C2CC=CN2C(C(C)(C)C)N1c1ccccc1C. The average molecular weight is 268 g/mol. The molecule has 0 bridgehead atoms. The maximum Gasteiger partial charge on any atom is 0.115 e.